The number of halogens is 2. The number of anilines is 2. The molecule has 0 bridgehead atoms. The molecule has 1 saturated heterocycles. The number of benzene rings is 3. The minimum atomic E-state index is -0.639. The van der Waals surface area contributed by atoms with E-state index in [9.17, 15) is 18.4 Å². The first-order chi connectivity index (χ1) is 25.8. The van der Waals surface area contributed by atoms with E-state index in [1.807, 2.05) is 54.0 Å². The number of carbonyl (C=O) groups excluding carboxylic acids is 1. The van der Waals surface area contributed by atoms with Crippen molar-refractivity contribution in [2.45, 2.75) is 38.9 Å². The van der Waals surface area contributed by atoms with E-state index in [2.05, 4.69) is 10.3 Å². The highest BCUT2D eigenvalue weighted by Gasteiger charge is 2.30. The molecule has 4 aromatic heterocycles. The van der Waals surface area contributed by atoms with Crippen LogP contribution >= 0.6 is 0 Å². The molecule has 0 radical (unpaired) electrons. The number of imidazole rings is 1. The number of rotatable bonds is 7. The molecule has 1 atom stereocenters. The van der Waals surface area contributed by atoms with Crippen molar-refractivity contribution in [1.29, 1.82) is 0 Å². The summed E-state index contributed by atoms with van der Waals surface area (Å²) in [5, 5.41) is 4.21. The maximum absolute atomic E-state index is 14.8. The van der Waals surface area contributed by atoms with E-state index in [-0.39, 0.29) is 24.2 Å². The highest BCUT2D eigenvalue weighted by atomic mass is 19.1. The minimum absolute atomic E-state index is 0.147. The second-order valence-corrected chi connectivity index (χ2v) is 13.4. The molecular formula is C40H34F2N8O3. The quantitative estimate of drug-likeness (QED) is 0.202. The van der Waals surface area contributed by atoms with Crippen molar-refractivity contribution in [3.63, 3.8) is 0 Å². The summed E-state index contributed by atoms with van der Waals surface area (Å²) >= 11 is 0. The summed E-state index contributed by atoms with van der Waals surface area (Å²) in [4.78, 5) is 44.1. The molecule has 9 rings (SSSR count). The van der Waals surface area contributed by atoms with Gasteiger partial charge in [-0.2, -0.15) is 4.98 Å². The van der Waals surface area contributed by atoms with E-state index in [4.69, 9.17) is 14.7 Å². The molecule has 1 N–H and O–H groups in total. The topological polar surface area (TPSA) is 112 Å². The van der Waals surface area contributed by atoms with Crippen molar-refractivity contribution >= 4 is 39.7 Å². The molecule has 1 amide bonds. The van der Waals surface area contributed by atoms with Crippen LogP contribution in [0.5, 0.6) is 0 Å². The number of carbonyl (C=O) groups is 1. The molecule has 3 aromatic carbocycles. The molecule has 2 aliphatic rings. The Morgan fingerprint density at radius 3 is 2.58 bits per heavy atom. The van der Waals surface area contributed by atoms with Crippen LogP contribution in [0.25, 0.3) is 27.9 Å². The average Bonchev–Trinajstić information content (AvgIpc) is 3.88. The third-order valence-corrected chi connectivity index (χ3v) is 10.2. The minimum Gasteiger partial charge on any atom is -0.379 e. The van der Waals surface area contributed by atoms with Gasteiger partial charge in [0.1, 0.15) is 22.8 Å². The van der Waals surface area contributed by atoms with E-state index >= 15 is 0 Å². The van der Waals surface area contributed by atoms with Crippen molar-refractivity contribution in [2.75, 3.05) is 25.1 Å². The summed E-state index contributed by atoms with van der Waals surface area (Å²) < 4.78 is 39.4. The highest BCUT2D eigenvalue weighted by Crippen LogP contribution is 2.32. The van der Waals surface area contributed by atoms with Crippen LogP contribution in [0.15, 0.2) is 95.9 Å². The zero-order valence-corrected chi connectivity index (χ0v) is 28.8. The van der Waals surface area contributed by atoms with Crippen molar-refractivity contribution in [3.05, 3.63) is 141 Å². The van der Waals surface area contributed by atoms with Gasteiger partial charge in [0.2, 0.25) is 5.95 Å². The normalized spacial score (nSPS) is 15.7. The maximum Gasteiger partial charge on any atom is 0.335 e. The molecule has 266 valence electrons. The van der Waals surface area contributed by atoms with Crippen molar-refractivity contribution in [2.24, 2.45) is 0 Å². The first-order valence-corrected chi connectivity index (χ1v) is 17.5. The summed E-state index contributed by atoms with van der Waals surface area (Å²) in [5.74, 6) is -1.06. The van der Waals surface area contributed by atoms with E-state index in [0.29, 0.717) is 84.4 Å². The monoisotopic (exact) mass is 712 g/mol. The van der Waals surface area contributed by atoms with Crippen molar-refractivity contribution in [3.8, 4) is 5.69 Å². The number of ether oxygens (including phenoxy) is 1. The number of fused-ring (bicyclic) bond motifs is 4. The van der Waals surface area contributed by atoms with Gasteiger partial charge in [0, 0.05) is 53.3 Å². The van der Waals surface area contributed by atoms with Gasteiger partial charge in [-0.15, -0.1) is 0 Å². The third kappa shape index (κ3) is 5.73. The largest absolute Gasteiger partial charge is 0.379 e. The lowest BCUT2D eigenvalue weighted by Gasteiger charge is -2.29. The van der Waals surface area contributed by atoms with Crippen LogP contribution in [0.1, 0.15) is 45.3 Å². The summed E-state index contributed by atoms with van der Waals surface area (Å²) in [6, 6.07) is 23.8. The molecule has 7 aromatic rings. The number of amides is 1. The number of pyridine rings is 1. The lowest BCUT2D eigenvalue weighted by molar-refractivity contribution is 0.0730. The SMILES string of the molecule is Cc1nc(Nc2ccccc2)nc2c1n(-c1ccc(C(=O)N3CCc4c(n(Cc5ccc(F)cc5F)c5ncccc45)C3)cc1)c(=O)n2C1CCOC1. The molecule has 13 heteroatoms. The van der Waals surface area contributed by atoms with Crippen LogP contribution in [-0.2, 0) is 24.2 Å². The Kier molecular flexibility index (Phi) is 8.07. The van der Waals surface area contributed by atoms with Gasteiger partial charge in [-0.05, 0) is 79.9 Å². The smallest absolute Gasteiger partial charge is 0.335 e. The van der Waals surface area contributed by atoms with Gasteiger partial charge in [0.15, 0.2) is 5.65 Å². The van der Waals surface area contributed by atoms with E-state index in [0.717, 1.165) is 28.4 Å². The molecule has 0 saturated carbocycles. The van der Waals surface area contributed by atoms with E-state index < -0.39 is 11.6 Å². The first-order valence-electron chi connectivity index (χ1n) is 17.5. The number of hydrogen-bond acceptors (Lipinski definition) is 7. The number of hydrogen-bond donors (Lipinski definition) is 1. The second-order valence-electron chi connectivity index (χ2n) is 13.4. The van der Waals surface area contributed by atoms with Gasteiger partial charge in [-0.1, -0.05) is 24.3 Å². The van der Waals surface area contributed by atoms with Gasteiger partial charge in [0.25, 0.3) is 5.91 Å². The zero-order valence-electron chi connectivity index (χ0n) is 28.8. The Labute approximate surface area is 302 Å². The molecular weight excluding hydrogens is 678 g/mol. The van der Waals surface area contributed by atoms with Crippen LogP contribution in [0, 0.1) is 18.6 Å². The predicted octanol–water partition coefficient (Wildman–Crippen LogP) is 6.47. The number of aryl methyl sites for hydroxylation is 1. The Bertz CT molecular complexity index is 2590. The van der Waals surface area contributed by atoms with Crippen molar-refractivity contribution < 1.29 is 18.3 Å². The van der Waals surface area contributed by atoms with Crippen LogP contribution in [0.4, 0.5) is 20.4 Å². The van der Waals surface area contributed by atoms with Gasteiger partial charge in [-0.3, -0.25) is 13.9 Å². The van der Waals surface area contributed by atoms with Crippen LogP contribution in [0.2, 0.25) is 0 Å². The number of aromatic nitrogens is 6. The lowest BCUT2D eigenvalue weighted by atomic mass is 10.0. The number of nitrogens with one attached hydrogen (secondary N) is 1. The molecule has 11 nitrogen and oxygen atoms in total. The first kappa shape index (κ1) is 32.7. The zero-order chi connectivity index (χ0) is 36.2. The number of para-hydroxylation sites is 1. The lowest BCUT2D eigenvalue weighted by Crippen LogP contribution is -2.36. The van der Waals surface area contributed by atoms with Crippen LogP contribution in [0.3, 0.4) is 0 Å². The van der Waals surface area contributed by atoms with Gasteiger partial charge >= 0.3 is 5.69 Å². The molecule has 1 unspecified atom stereocenters. The molecule has 2 aliphatic heterocycles. The average molecular weight is 713 g/mol. The third-order valence-electron chi connectivity index (χ3n) is 10.2. The Morgan fingerprint density at radius 1 is 0.981 bits per heavy atom. The van der Waals surface area contributed by atoms with E-state index in [1.54, 1.807) is 44.5 Å². The maximum atomic E-state index is 14.8. The van der Waals surface area contributed by atoms with E-state index in [1.165, 1.54) is 12.1 Å². The molecule has 53 heavy (non-hydrogen) atoms. The summed E-state index contributed by atoms with van der Waals surface area (Å²) in [5.41, 5.74) is 6.28. The van der Waals surface area contributed by atoms with Crippen LogP contribution < -0.4 is 11.0 Å². The molecule has 1 fully saturated rings. The molecule has 0 spiro atoms. The fourth-order valence-electron chi connectivity index (χ4n) is 7.64. The fraction of sp³-hybridized carbons (Fsp3) is 0.225. The summed E-state index contributed by atoms with van der Waals surface area (Å²) in [6.45, 7) is 3.74. The van der Waals surface area contributed by atoms with Gasteiger partial charge < -0.3 is 19.5 Å². The standard InChI is InChI=1S/C40H34F2N8O3/c1-24-35-37(46-39(44-24)45-28-6-3-2-4-7-28)50(30-16-19-53-23-30)40(52)49(35)29-13-10-25(11-14-29)38(51)47-18-15-31-32-8-5-17-43-36(32)48(34(31)22-47)21-26-9-12-27(41)20-33(26)42/h2-14,17,20,30H,15-16,18-19,21-23H2,1H3,(H,44,45,46). The molecule has 6 heterocycles. The Balaban J connectivity index is 1.04. The fourth-order valence-corrected chi connectivity index (χ4v) is 7.64. The second kappa shape index (κ2) is 13.1. The number of nitrogens with zero attached hydrogens (tertiary/aromatic N) is 7. The van der Waals surface area contributed by atoms with Crippen LogP contribution in [-0.4, -0.2) is 59.2 Å². The van der Waals surface area contributed by atoms with Gasteiger partial charge in [0.05, 0.1) is 37.1 Å². The Morgan fingerprint density at radius 2 is 1.81 bits per heavy atom. The summed E-state index contributed by atoms with van der Waals surface area (Å²) in [6.07, 6.45) is 2.97. The van der Waals surface area contributed by atoms with Crippen molar-refractivity contribution in [1.82, 2.24) is 33.6 Å². The predicted molar refractivity (Wildman–Crippen MR) is 196 cm³/mol. The highest BCUT2D eigenvalue weighted by molar-refractivity contribution is 5.95. The molecule has 0 aliphatic carbocycles. The van der Waals surface area contributed by atoms with Gasteiger partial charge in [-0.25, -0.2) is 23.5 Å². The Hall–Kier alpha value is -6.21. The summed E-state index contributed by atoms with van der Waals surface area (Å²) in [7, 11) is 0.